The van der Waals surface area contributed by atoms with Crippen LogP contribution in [0.3, 0.4) is 0 Å². The molecule has 0 saturated heterocycles. The highest BCUT2D eigenvalue weighted by molar-refractivity contribution is 5.78. The van der Waals surface area contributed by atoms with E-state index < -0.39 is 0 Å². The van der Waals surface area contributed by atoms with Crippen LogP contribution in [0.2, 0.25) is 0 Å². The highest BCUT2D eigenvalue weighted by atomic mass is 19.1. The van der Waals surface area contributed by atoms with Crippen LogP contribution < -0.4 is 10.6 Å². The third-order valence-corrected chi connectivity index (χ3v) is 4.81. The average molecular weight is 350 g/mol. The SMILES string of the molecule is COC(C)CCC(=O)N[C@@H]1CC[C@H]1CNC(=O)Cc1ccccc1F. The lowest BCUT2D eigenvalue weighted by atomic mass is 9.79. The van der Waals surface area contributed by atoms with E-state index >= 15 is 0 Å². The standard InChI is InChI=1S/C19H27FN2O3/c1-13(25-2)7-10-18(23)22-17-9-8-15(17)12-21-19(24)11-14-5-3-4-6-16(14)20/h3-6,13,15,17H,7-12H2,1-2H3,(H,21,24)(H,22,23)/t13?,15-,17+/m0/s1. The van der Waals surface area contributed by atoms with Crippen molar-refractivity contribution < 1.29 is 18.7 Å². The van der Waals surface area contributed by atoms with E-state index in [1.165, 1.54) is 6.07 Å². The molecule has 2 amide bonds. The molecule has 0 radical (unpaired) electrons. The van der Waals surface area contributed by atoms with E-state index in [1.807, 2.05) is 6.92 Å². The number of rotatable bonds is 9. The summed E-state index contributed by atoms with van der Waals surface area (Å²) in [5.74, 6) is -0.294. The van der Waals surface area contributed by atoms with Crippen molar-refractivity contribution in [3.05, 3.63) is 35.6 Å². The molecule has 0 aromatic heterocycles. The molecule has 138 valence electrons. The quantitative estimate of drug-likeness (QED) is 0.717. The normalized spacial score (nSPS) is 20.4. The number of ether oxygens (including phenoxy) is 1. The van der Waals surface area contributed by atoms with Gasteiger partial charge >= 0.3 is 0 Å². The van der Waals surface area contributed by atoms with E-state index in [0.717, 1.165) is 12.8 Å². The third kappa shape index (κ3) is 6.12. The summed E-state index contributed by atoms with van der Waals surface area (Å²) in [6.45, 7) is 2.44. The molecule has 5 nitrogen and oxygen atoms in total. The molecule has 0 heterocycles. The van der Waals surface area contributed by atoms with Gasteiger partial charge in [0.05, 0.1) is 12.5 Å². The maximum Gasteiger partial charge on any atom is 0.224 e. The number of carbonyl (C=O) groups is 2. The van der Waals surface area contributed by atoms with Gasteiger partial charge in [-0.3, -0.25) is 9.59 Å². The van der Waals surface area contributed by atoms with Crippen LogP contribution in [-0.4, -0.2) is 37.6 Å². The van der Waals surface area contributed by atoms with Gasteiger partial charge in [-0.15, -0.1) is 0 Å². The predicted octanol–water partition coefficient (Wildman–Crippen LogP) is 2.19. The van der Waals surface area contributed by atoms with Gasteiger partial charge in [0.1, 0.15) is 5.82 Å². The van der Waals surface area contributed by atoms with E-state index in [-0.39, 0.29) is 42.1 Å². The zero-order valence-electron chi connectivity index (χ0n) is 14.9. The van der Waals surface area contributed by atoms with Gasteiger partial charge in [0, 0.05) is 26.1 Å². The first-order valence-electron chi connectivity index (χ1n) is 8.82. The van der Waals surface area contributed by atoms with E-state index in [2.05, 4.69) is 10.6 Å². The zero-order chi connectivity index (χ0) is 18.2. The molecule has 25 heavy (non-hydrogen) atoms. The molecular weight excluding hydrogens is 323 g/mol. The molecule has 1 unspecified atom stereocenters. The number of amides is 2. The minimum absolute atomic E-state index is 0.0243. The summed E-state index contributed by atoms with van der Waals surface area (Å²) in [7, 11) is 1.63. The second kappa shape index (κ2) is 9.51. The Balaban J connectivity index is 1.68. The van der Waals surface area contributed by atoms with Crippen molar-refractivity contribution in [3.63, 3.8) is 0 Å². The number of hydrogen-bond donors (Lipinski definition) is 2. The van der Waals surface area contributed by atoms with Crippen LogP contribution in [0, 0.1) is 11.7 Å². The first kappa shape index (κ1) is 19.4. The first-order valence-corrected chi connectivity index (χ1v) is 8.82. The Morgan fingerprint density at radius 1 is 1.28 bits per heavy atom. The van der Waals surface area contributed by atoms with Crippen molar-refractivity contribution in [2.75, 3.05) is 13.7 Å². The fourth-order valence-corrected chi connectivity index (χ4v) is 2.86. The van der Waals surface area contributed by atoms with Crippen molar-refractivity contribution in [3.8, 4) is 0 Å². The largest absolute Gasteiger partial charge is 0.382 e. The minimum Gasteiger partial charge on any atom is -0.382 e. The molecule has 1 saturated carbocycles. The van der Waals surface area contributed by atoms with Crippen LogP contribution in [0.1, 0.15) is 38.2 Å². The van der Waals surface area contributed by atoms with Gasteiger partial charge in [0.15, 0.2) is 0 Å². The van der Waals surface area contributed by atoms with Crippen LogP contribution >= 0.6 is 0 Å². The summed E-state index contributed by atoms with van der Waals surface area (Å²) >= 11 is 0. The number of hydrogen-bond acceptors (Lipinski definition) is 3. The Morgan fingerprint density at radius 2 is 2.04 bits per heavy atom. The van der Waals surface area contributed by atoms with Crippen molar-refractivity contribution in [1.29, 1.82) is 0 Å². The van der Waals surface area contributed by atoms with E-state index in [0.29, 0.717) is 24.9 Å². The molecule has 2 N–H and O–H groups in total. The van der Waals surface area contributed by atoms with Gasteiger partial charge < -0.3 is 15.4 Å². The van der Waals surface area contributed by atoms with Crippen LogP contribution in [-0.2, 0) is 20.7 Å². The molecule has 1 aromatic carbocycles. The van der Waals surface area contributed by atoms with Crippen LogP contribution in [0.5, 0.6) is 0 Å². The second-order valence-electron chi connectivity index (χ2n) is 6.67. The van der Waals surface area contributed by atoms with E-state index in [4.69, 9.17) is 4.74 Å². The first-order chi connectivity index (χ1) is 12.0. The Labute approximate surface area is 148 Å². The van der Waals surface area contributed by atoms with Crippen molar-refractivity contribution in [1.82, 2.24) is 10.6 Å². The molecule has 2 rings (SSSR count). The summed E-state index contributed by atoms with van der Waals surface area (Å²) in [5.41, 5.74) is 0.394. The molecule has 0 aliphatic heterocycles. The smallest absolute Gasteiger partial charge is 0.224 e. The van der Waals surface area contributed by atoms with Crippen LogP contribution in [0.25, 0.3) is 0 Å². The molecule has 0 bridgehead atoms. The summed E-state index contributed by atoms with van der Waals surface area (Å²) in [5, 5.41) is 5.87. The van der Waals surface area contributed by atoms with Gasteiger partial charge in [-0.05, 0) is 43.7 Å². The predicted molar refractivity (Wildman–Crippen MR) is 93.5 cm³/mol. The lowest BCUT2D eigenvalue weighted by Crippen LogP contribution is -2.51. The van der Waals surface area contributed by atoms with Gasteiger partial charge in [-0.25, -0.2) is 4.39 Å². The van der Waals surface area contributed by atoms with Crippen molar-refractivity contribution >= 4 is 11.8 Å². The lowest BCUT2D eigenvalue weighted by Gasteiger charge is -2.37. The maximum absolute atomic E-state index is 13.6. The Hall–Kier alpha value is -1.95. The molecule has 1 aliphatic carbocycles. The molecule has 3 atom stereocenters. The zero-order valence-corrected chi connectivity index (χ0v) is 14.9. The number of benzene rings is 1. The number of nitrogens with one attached hydrogen (secondary N) is 2. The van der Waals surface area contributed by atoms with E-state index in [1.54, 1.807) is 25.3 Å². The van der Waals surface area contributed by atoms with Crippen LogP contribution in [0.15, 0.2) is 24.3 Å². The van der Waals surface area contributed by atoms with Crippen molar-refractivity contribution in [2.24, 2.45) is 5.92 Å². The van der Waals surface area contributed by atoms with Gasteiger partial charge in [0.25, 0.3) is 0 Å². The second-order valence-corrected chi connectivity index (χ2v) is 6.67. The van der Waals surface area contributed by atoms with Gasteiger partial charge in [-0.2, -0.15) is 0 Å². The third-order valence-electron chi connectivity index (χ3n) is 4.81. The summed E-state index contributed by atoms with van der Waals surface area (Å²) in [6, 6.07) is 6.39. The highest BCUT2D eigenvalue weighted by Crippen LogP contribution is 2.27. The van der Waals surface area contributed by atoms with Gasteiger partial charge in [-0.1, -0.05) is 18.2 Å². The molecule has 1 aliphatic rings. The fourth-order valence-electron chi connectivity index (χ4n) is 2.86. The van der Waals surface area contributed by atoms with Gasteiger partial charge in [0.2, 0.25) is 11.8 Å². The summed E-state index contributed by atoms with van der Waals surface area (Å²) in [4.78, 5) is 23.9. The average Bonchev–Trinajstić information content (AvgIpc) is 2.58. The molecule has 1 fully saturated rings. The summed E-state index contributed by atoms with van der Waals surface area (Å²) in [6.07, 6.45) is 3.14. The number of methoxy groups -OCH3 is 1. The molecular formula is C19H27FN2O3. The monoisotopic (exact) mass is 350 g/mol. The molecule has 6 heteroatoms. The van der Waals surface area contributed by atoms with E-state index in [9.17, 15) is 14.0 Å². The number of carbonyl (C=O) groups excluding carboxylic acids is 2. The highest BCUT2D eigenvalue weighted by Gasteiger charge is 2.32. The van der Waals surface area contributed by atoms with Crippen molar-refractivity contribution in [2.45, 2.75) is 51.2 Å². The Bertz CT molecular complexity index is 594. The minimum atomic E-state index is -0.364. The fraction of sp³-hybridized carbons (Fsp3) is 0.579. The van der Waals surface area contributed by atoms with Crippen LogP contribution in [0.4, 0.5) is 4.39 Å². The molecule has 0 spiro atoms. The molecule has 1 aromatic rings. The summed E-state index contributed by atoms with van der Waals surface area (Å²) < 4.78 is 18.7. The number of halogens is 1. The maximum atomic E-state index is 13.6. The Morgan fingerprint density at radius 3 is 2.68 bits per heavy atom. The lowest BCUT2D eigenvalue weighted by molar-refractivity contribution is -0.123. The topological polar surface area (TPSA) is 67.4 Å². The Kier molecular flexibility index (Phi) is 7.37.